The summed E-state index contributed by atoms with van der Waals surface area (Å²) in [6, 6.07) is 7.28. The van der Waals surface area contributed by atoms with Crippen LogP contribution in [-0.4, -0.2) is 36.9 Å². The Morgan fingerprint density at radius 1 is 1.32 bits per heavy atom. The molecule has 0 heterocycles. The number of carbonyl (C=O) groups excluding carboxylic acids is 2. The quantitative estimate of drug-likeness (QED) is 0.745. The lowest BCUT2D eigenvalue weighted by Gasteiger charge is -2.21. The summed E-state index contributed by atoms with van der Waals surface area (Å²) in [5.41, 5.74) is 7.22. The van der Waals surface area contributed by atoms with Crippen molar-refractivity contribution in [1.82, 2.24) is 10.2 Å². The van der Waals surface area contributed by atoms with Crippen LogP contribution in [0.3, 0.4) is 0 Å². The largest absolute Gasteiger partial charge is 0.398 e. The highest BCUT2D eigenvalue weighted by molar-refractivity contribution is 5.86. The smallest absolute Gasteiger partial charge is 0.239 e. The first kappa shape index (κ1) is 15.0. The molecule has 0 aliphatic carbocycles. The highest BCUT2D eigenvalue weighted by Gasteiger charge is 2.16. The zero-order valence-electron chi connectivity index (χ0n) is 11.5. The van der Waals surface area contributed by atoms with Gasteiger partial charge in [0.2, 0.25) is 11.8 Å². The second-order valence-corrected chi connectivity index (χ2v) is 4.36. The van der Waals surface area contributed by atoms with E-state index in [9.17, 15) is 9.59 Å². The van der Waals surface area contributed by atoms with Gasteiger partial charge < -0.3 is 16.0 Å². The molecule has 0 spiro atoms. The van der Waals surface area contributed by atoms with Gasteiger partial charge in [-0.1, -0.05) is 25.1 Å². The summed E-state index contributed by atoms with van der Waals surface area (Å²) in [6.45, 7) is 2.63. The summed E-state index contributed by atoms with van der Waals surface area (Å²) < 4.78 is 0. The predicted octanol–water partition coefficient (Wildman–Crippen LogP) is 0.796. The number of hydrogen-bond acceptors (Lipinski definition) is 3. The number of nitrogens with zero attached hydrogens (tertiary/aromatic N) is 1. The Bertz CT molecular complexity index is 446. The first-order chi connectivity index (χ1) is 9.08. The van der Waals surface area contributed by atoms with Crippen LogP contribution < -0.4 is 11.1 Å². The zero-order chi connectivity index (χ0) is 14.3. The Kier molecular flexibility index (Phi) is 5.85. The van der Waals surface area contributed by atoms with Gasteiger partial charge in [0, 0.05) is 19.3 Å². The molecule has 19 heavy (non-hydrogen) atoms. The second kappa shape index (κ2) is 7.41. The summed E-state index contributed by atoms with van der Waals surface area (Å²) in [6.07, 6.45) is 1.04. The Balaban J connectivity index is 2.72. The number of likely N-dealkylation sites (N-methyl/N-ethyl adjacent to an activating group) is 1. The van der Waals surface area contributed by atoms with Crippen LogP contribution in [0.2, 0.25) is 0 Å². The van der Waals surface area contributed by atoms with E-state index in [0.29, 0.717) is 12.2 Å². The molecule has 104 valence electrons. The van der Waals surface area contributed by atoms with Gasteiger partial charge in [0.1, 0.15) is 0 Å². The predicted molar refractivity (Wildman–Crippen MR) is 75.5 cm³/mol. The first-order valence-electron chi connectivity index (χ1n) is 6.40. The van der Waals surface area contributed by atoms with Crippen molar-refractivity contribution in [2.24, 2.45) is 0 Å². The van der Waals surface area contributed by atoms with Crippen LogP contribution in [0.25, 0.3) is 0 Å². The van der Waals surface area contributed by atoms with Crippen LogP contribution in [0.1, 0.15) is 18.9 Å². The number of nitrogen functional groups attached to an aromatic ring is 1. The van der Waals surface area contributed by atoms with E-state index in [4.69, 9.17) is 5.73 Å². The van der Waals surface area contributed by atoms with Crippen molar-refractivity contribution < 1.29 is 9.59 Å². The summed E-state index contributed by atoms with van der Waals surface area (Å²) in [7, 11) is 1.56. The van der Waals surface area contributed by atoms with Gasteiger partial charge in [0.05, 0.1) is 13.0 Å². The number of amides is 2. The second-order valence-electron chi connectivity index (χ2n) is 4.36. The Morgan fingerprint density at radius 3 is 2.58 bits per heavy atom. The SMILES string of the molecule is CCCN(CC(=O)NC)C(=O)Cc1ccccc1N. The van der Waals surface area contributed by atoms with Gasteiger partial charge in [-0.05, 0) is 18.1 Å². The molecule has 0 atom stereocenters. The van der Waals surface area contributed by atoms with E-state index in [0.717, 1.165) is 12.0 Å². The minimum Gasteiger partial charge on any atom is -0.398 e. The van der Waals surface area contributed by atoms with Crippen LogP contribution in [0.4, 0.5) is 5.69 Å². The van der Waals surface area contributed by atoms with Crippen LogP contribution >= 0.6 is 0 Å². The molecular weight excluding hydrogens is 242 g/mol. The molecule has 2 amide bonds. The molecule has 0 saturated carbocycles. The Hall–Kier alpha value is -2.04. The molecule has 1 aromatic carbocycles. The number of rotatable bonds is 6. The number of nitrogens with one attached hydrogen (secondary N) is 1. The molecule has 0 saturated heterocycles. The third-order valence-corrected chi connectivity index (χ3v) is 2.86. The average Bonchev–Trinajstić information content (AvgIpc) is 2.40. The molecule has 0 aliphatic rings. The van der Waals surface area contributed by atoms with Gasteiger partial charge in [-0.2, -0.15) is 0 Å². The lowest BCUT2D eigenvalue weighted by atomic mass is 10.1. The van der Waals surface area contributed by atoms with Gasteiger partial charge in [-0.3, -0.25) is 9.59 Å². The van der Waals surface area contributed by atoms with Crippen LogP contribution in [0.15, 0.2) is 24.3 Å². The third-order valence-electron chi connectivity index (χ3n) is 2.86. The highest BCUT2D eigenvalue weighted by atomic mass is 16.2. The normalized spacial score (nSPS) is 10.0. The maximum atomic E-state index is 12.2. The maximum Gasteiger partial charge on any atom is 0.239 e. The summed E-state index contributed by atoms with van der Waals surface area (Å²) in [5, 5.41) is 2.53. The minimum absolute atomic E-state index is 0.0802. The molecule has 0 fully saturated rings. The number of nitrogens with two attached hydrogens (primary N) is 1. The molecule has 0 unspecified atom stereocenters. The summed E-state index contributed by atoms with van der Waals surface area (Å²) in [5.74, 6) is -0.244. The molecule has 0 bridgehead atoms. The maximum absolute atomic E-state index is 12.2. The third kappa shape index (κ3) is 4.62. The van der Waals surface area contributed by atoms with Crippen molar-refractivity contribution in [3.63, 3.8) is 0 Å². The van der Waals surface area contributed by atoms with E-state index in [-0.39, 0.29) is 24.8 Å². The van der Waals surface area contributed by atoms with E-state index >= 15 is 0 Å². The number of para-hydroxylation sites is 1. The molecule has 1 rings (SSSR count). The summed E-state index contributed by atoms with van der Waals surface area (Å²) in [4.78, 5) is 25.1. The Morgan fingerprint density at radius 2 is 2.00 bits per heavy atom. The van der Waals surface area contributed by atoms with Gasteiger partial charge in [0.15, 0.2) is 0 Å². The van der Waals surface area contributed by atoms with Gasteiger partial charge in [0.25, 0.3) is 0 Å². The topological polar surface area (TPSA) is 75.4 Å². The summed E-state index contributed by atoms with van der Waals surface area (Å²) >= 11 is 0. The molecular formula is C14H21N3O2. The van der Waals surface area contributed by atoms with E-state index in [1.165, 1.54) is 0 Å². The number of hydrogen-bond donors (Lipinski definition) is 2. The molecule has 0 aromatic heterocycles. The van der Waals surface area contributed by atoms with E-state index in [1.807, 2.05) is 25.1 Å². The van der Waals surface area contributed by atoms with E-state index in [1.54, 1.807) is 18.0 Å². The van der Waals surface area contributed by atoms with Crippen LogP contribution in [0, 0.1) is 0 Å². The average molecular weight is 263 g/mol. The number of benzene rings is 1. The Labute approximate surface area is 113 Å². The van der Waals surface area contributed by atoms with Crippen molar-refractivity contribution in [3.05, 3.63) is 29.8 Å². The fraction of sp³-hybridized carbons (Fsp3) is 0.429. The molecule has 3 N–H and O–H groups in total. The first-order valence-corrected chi connectivity index (χ1v) is 6.40. The van der Waals surface area contributed by atoms with Gasteiger partial charge in [-0.25, -0.2) is 0 Å². The molecule has 5 heteroatoms. The van der Waals surface area contributed by atoms with Crippen molar-refractivity contribution in [1.29, 1.82) is 0 Å². The molecule has 5 nitrogen and oxygen atoms in total. The minimum atomic E-state index is -0.164. The van der Waals surface area contributed by atoms with Crippen molar-refractivity contribution in [2.45, 2.75) is 19.8 Å². The molecule has 0 radical (unpaired) electrons. The molecule has 1 aromatic rings. The van der Waals surface area contributed by atoms with Gasteiger partial charge in [-0.15, -0.1) is 0 Å². The number of carbonyl (C=O) groups is 2. The lowest BCUT2D eigenvalue weighted by molar-refractivity contribution is -0.135. The fourth-order valence-electron chi connectivity index (χ4n) is 1.78. The van der Waals surface area contributed by atoms with Crippen LogP contribution in [0.5, 0.6) is 0 Å². The molecule has 0 aliphatic heterocycles. The van der Waals surface area contributed by atoms with Crippen molar-refractivity contribution >= 4 is 17.5 Å². The zero-order valence-corrected chi connectivity index (χ0v) is 11.5. The monoisotopic (exact) mass is 263 g/mol. The van der Waals surface area contributed by atoms with Crippen molar-refractivity contribution in [2.75, 3.05) is 25.9 Å². The number of anilines is 1. The van der Waals surface area contributed by atoms with E-state index in [2.05, 4.69) is 5.32 Å². The highest BCUT2D eigenvalue weighted by Crippen LogP contribution is 2.12. The standard InChI is InChI=1S/C14H21N3O2/c1-3-8-17(10-13(18)16-2)14(19)9-11-6-4-5-7-12(11)15/h4-7H,3,8-10,15H2,1-2H3,(H,16,18). The lowest BCUT2D eigenvalue weighted by Crippen LogP contribution is -2.40. The fourth-order valence-corrected chi connectivity index (χ4v) is 1.78. The van der Waals surface area contributed by atoms with Crippen molar-refractivity contribution in [3.8, 4) is 0 Å². The van der Waals surface area contributed by atoms with E-state index < -0.39 is 0 Å². The van der Waals surface area contributed by atoms with Crippen LogP contribution in [-0.2, 0) is 16.0 Å². The van der Waals surface area contributed by atoms with Gasteiger partial charge >= 0.3 is 0 Å².